The number of ether oxygens (including phenoxy) is 1. The van der Waals surface area contributed by atoms with Crippen molar-refractivity contribution in [1.29, 1.82) is 0 Å². The van der Waals surface area contributed by atoms with Crippen molar-refractivity contribution in [1.82, 2.24) is 4.90 Å². The third kappa shape index (κ3) is 4.15. The fourth-order valence-corrected chi connectivity index (χ4v) is 3.04. The molecule has 1 saturated heterocycles. The lowest BCUT2D eigenvalue weighted by atomic mass is 10.1. The van der Waals surface area contributed by atoms with Gasteiger partial charge in [-0.2, -0.15) is 0 Å². The van der Waals surface area contributed by atoms with Crippen LogP contribution < -0.4 is 4.74 Å². The van der Waals surface area contributed by atoms with E-state index < -0.39 is 0 Å². The predicted molar refractivity (Wildman–Crippen MR) is 80.1 cm³/mol. The van der Waals surface area contributed by atoms with Crippen LogP contribution in [0.15, 0.2) is 29.2 Å². The summed E-state index contributed by atoms with van der Waals surface area (Å²) in [6.07, 6.45) is 0.913. The highest BCUT2D eigenvalue weighted by atomic mass is 32.2. The number of amides is 1. The fraction of sp³-hybridized carbons (Fsp3) is 0.533. The van der Waals surface area contributed by atoms with Crippen LogP contribution in [0.1, 0.15) is 13.3 Å². The predicted octanol–water partition coefficient (Wildman–Crippen LogP) is 2.02. The fourth-order valence-electron chi connectivity index (χ4n) is 2.24. The standard InChI is InChI=1S/C15H21NO3S/c1-2-19-13-3-5-14(6-4-13)20-11-15(18)16-8-7-12(9-16)10-17/h3-6,12,17H,2,7-11H2,1H3. The molecule has 0 aromatic heterocycles. The van der Waals surface area contributed by atoms with E-state index in [2.05, 4.69) is 0 Å². The molecule has 0 saturated carbocycles. The van der Waals surface area contributed by atoms with E-state index in [0.717, 1.165) is 23.6 Å². The molecule has 0 spiro atoms. The number of aliphatic hydroxyl groups is 1. The molecule has 1 N–H and O–H groups in total. The summed E-state index contributed by atoms with van der Waals surface area (Å²) in [5, 5.41) is 9.09. The van der Waals surface area contributed by atoms with Gasteiger partial charge in [-0.3, -0.25) is 4.79 Å². The zero-order valence-electron chi connectivity index (χ0n) is 11.7. The largest absolute Gasteiger partial charge is 0.494 e. The summed E-state index contributed by atoms with van der Waals surface area (Å²) in [5.41, 5.74) is 0. The third-order valence-corrected chi connectivity index (χ3v) is 4.39. The van der Waals surface area contributed by atoms with Crippen LogP contribution in [0, 0.1) is 5.92 Å². The summed E-state index contributed by atoms with van der Waals surface area (Å²) in [4.78, 5) is 15.0. The van der Waals surface area contributed by atoms with Gasteiger partial charge in [0.15, 0.2) is 0 Å². The van der Waals surface area contributed by atoms with Crippen LogP contribution in [0.4, 0.5) is 0 Å². The Hall–Kier alpha value is -1.20. The van der Waals surface area contributed by atoms with E-state index in [9.17, 15) is 4.79 Å². The maximum Gasteiger partial charge on any atom is 0.232 e. The summed E-state index contributed by atoms with van der Waals surface area (Å²) < 4.78 is 5.38. The van der Waals surface area contributed by atoms with Gasteiger partial charge in [-0.1, -0.05) is 0 Å². The average molecular weight is 295 g/mol. The molecule has 110 valence electrons. The van der Waals surface area contributed by atoms with Crippen molar-refractivity contribution in [3.63, 3.8) is 0 Å². The van der Waals surface area contributed by atoms with Gasteiger partial charge < -0.3 is 14.7 Å². The molecule has 1 aromatic rings. The lowest BCUT2D eigenvalue weighted by Crippen LogP contribution is -2.30. The number of hydrogen-bond acceptors (Lipinski definition) is 4. The topological polar surface area (TPSA) is 49.8 Å². The van der Waals surface area contributed by atoms with Gasteiger partial charge in [-0.25, -0.2) is 0 Å². The maximum atomic E-state index is 12.0. The van der Waals surface area contributed by atoms with Gasteiger partial charge in [0.25, 0.3) is 0 Å². The van der Waals surface area contributed by atoms with Crippen LogP contribution in [0.2, 0.25) is 0 Å². The van der Waals surface area contributed by atoms with E-state index in [-0.39, 0.29) is 18.4 Å². The molecule has 20 heavy (non-hydrogen) atoms. The number of nitrogens with zero attached hydrogens (tertiary/aromatic N) is 1. The maximum absolute atomic E-state index is 12.0. The first kappa shape index (κ1) is 15.2. The van der Waals surface area contributed by atoms with Crippen molar-refractivity contribution in [3.8, 4) is 5.75 Å². The molecule has 1 aromatic carbocycles. The van der Waals surface area contributed by atoms with E-state index in [0.29, 0.717) is 18.9 Å². The smallest absolute Gasteiger partial charge is 0.232 e. The number of aliphatic hydroxyl groups excluding tert-OH is 1. The van der Waals surface area contributed by atoms with Crippen molar-refractivity contribution in [2.24, 2.45) is 5.92 Å². The number of likely N-dealkylation sites (tertiary alicyclic amines) is 1. The molecule has 0 radical (unpaired) electrons. The number of thioether (sulfide) groups is 1. The van der Waals surface area contributed by atoms with Gasteiger partial charge in [0, 0.05) is 30.5 Å². The second kappa shape index (κ2) is 7.55. The molecule has 1 unspecified atom stereocenters. The SMILES string of the molecule is CCOc1ccc(SCC(=O)N2CCC(CO)C2)cc1. The van der Waals surface area contributed by atoms with Crippen LogP contribution in [0.25, 0.3) is 0 Å². The van der Waals surface area contributed by atoms with E-state index >= 15 is 0 Å². The summed E-state index contributed by atoms with van der Waals surface area (Å²) in [6.45, 7) is 4.26. The van der Waals surface area contributed by atoms with Crippen LogP contribution >= 0.6 is 11.8 Å². The highest BCUT2D eigenvalue weighted by molar-refractivity contribution is 8.00. The second-order valence-electron chi connectivity index (χ2n) is 4.87. The Morgan fingerprint density at radius 3 is 2.80 bits per heavy atom. The van der Waals surface area contributed by atoms with Crippen molar-refractivity contribution < 1.29 is 14.6 Å². The first-order valence-corrected chi connectivity index (χ1v) is 7.95. The third-order valence-electron chi connectivity index (χ3n) is 3.39. The Morgan fingerprint density at radius 1 is 1.45 bits per heavy atom. The molecule has 1 atom stereocenters. The number of hydrogen-bond donors (Lipinski definition) is 1. The minimum atomic E-state index is 0.153. The summed E-state index contributed by atoms with van der Waals surface area (Å²) in [6, 6.07) is 7.80. The van der Waals surface area contributed by atoms with Gasteiger partial charge in [0.1, 0.15) is 5.75 Å². The first-order valence-electron chi connectivity index (χ1n) is 6.97. The zero-order valence-corrected chi connectivity index (χ0v) is 12.6. The summed E-state index contributed by atoms with van der Waals surface area (Å²) >= 11 is 1.54. The molecule has 1 amide bonds. The average Bonchev–Trinajstić information content (AvgIpc) is 2.95. The van der Waals surface area contributed by atoms with Crippen LogP contribution in [0.5, 0.6) is 5.75 Å². The van der Waals surface area contributed by atoms with E-state index in [1.807, 2.05) is 36.1 Å². The lowest BCUT2D eigenvalue weighted by molar-refractivity contribution is -0.127. The second-order valence-corrected chi connectivity index (χ2v) is 5.92. The van der Waals surface area contributed by atoms with Gasteiger partial charge >= 0.3 is 0 Å². The monoisotopic (exact) mass is 295 g/mol. The number of carbonyl (C=O) groups is 1. The molecular formula is C15H21NO3S. The van der Waals surface area contributed by atoms with Crippen molar-refractivity contribution in [2.75, 3.05) is 32.1 Å². The Morgan fingerprint density at radius 2 is 2.20 bits per heavy atom. The molecule has 0 aliphatic carbocycles. The molecule has 1 aliphatic heterocycles. The number of carbonyl (C=O) groups excluding carboxylic acids is 1. The van der Waals surface area contributed by atoms with Crippen LogP contribution in [-0.4, -0.2) is 48.0 Å². The molecule has 1 fully saturated rings. The van der Waals surface area contributed by atoms with Crippen molar-refractivity contribution in [2.45, 2.75) is 18.2 Å². The molecule has 5 heteroatoms. The van der Waals surface area contributed by atoms with Gasteiger partial charge in [-0.15, -0.1) is 11.8 Å². The minimum Gasteiger partial charge on any atom is -0.494 e. The molecule has 1 heterocycles. The van der Waals surface area contributed by atoms with Crippen LogP contribution in [0.3, 0.4) is 0 Å². The Kier molecular flexibility index (Phi) is 5.73. The molecule has 4 nitrogen and oxygen atoms in total. The summed E-state index contributed by atoms with van der Waals surface area (Å²) in [5.74, 6) is 1.72. The first-order chi connectivity index (χ1) is 9.72. The lowest BCUT2D eigenvalue weighted by Gasteiger charge is -2.15. The van der Waals surface area contributed by atoms with Crippen LogP contribution in [-0.2, 0) is 4.79 Å². The zero-order chi connectivity index (χ0) is 14.4. The van der Waals surface area contributed by atoms with Gasteiger partial charge in [0.05, 0.1) is 12.4 Å². The van der Waals surface area contributed by atoms with Crippen molar-refractivity contribution >= 4 is 17.7 Å². The molecular weight excluding hydrogens is 274 g/mol. The quantitative estimate of drug-likeness (QED) is 0.816. The number of benzene rings is 1. The highest BCUT2D eigenvalue weighted by Crippen LogP contribution is 2.23. The molecule has 1 aliphatic rings. The number of rotatable bonds is 6. The van der Waals surface area contributed by atoms with E-state index in [1.54, 1.807) is 11.8 Å². The molecule has 0 bridgehead atoms. The highest BCUT2D eigenvalue weighted by Gasteiger charge is 2.25. The van der Waals surface area contributed by atoms with Crippen molar-refractivity contribution in [3.05, 3.63) is 24.3 Å². The molecule has 2 rings (SSSR count). The normalized spacial score (nSPS) is 18.3. The Bertz CT molecular complexity index is 435. The van der Waals surface area contributed by atoms with Gasteiger partial charge in [0.2, 0.25) is 5.91 Å². The Labute approximate surface area is 124 Å². The van der Waals surface area contributed by atoms with E-state index in [4.69, 9.17) is 9.84 Å². The summed E-state index contributed by atoms with van der Waals surface area (Å²) in [7, 11) is 0. The Balaban J connectivity index is 1.78. The minimum absolute atomic E-state index is 0.153. The van der Waals surface area contributed by atoms with Gasteiger partial charge in [-0.05, 0) is 37.6 Å². The van der Waals surface area contributed by atoms with E-state index in [1.165, 1.54) is 0 Å².